The summed E-state index contributed by atoms with van der Waals surface area (Å²) in [6.07, 6.45) is 0. The van der Waals surface area contributed by atoms with Crippen LogP contribution in [0, 0.1) is 0 Å². The second-order valence-corrected chi connectivity index (χ2v) is 4.39. The van der Waals surface area contributed by atoms with Crippen LogP contribution in [0.15, 0.2) is 0 Å². The third-order valence-corrected chi connectivity index (χ3v) is 4.00. The Morgan fingerprint density at radius 3 is 2.57 bits per heavy atom. The maximum absolute atomic E-state index is 4.18. The molecule has 1 N–H and O–H groups in total. The van der Waals surface area contributed by atoms with Crippen LogP contribution in [0.5, 0.6) is 0 Å². The van der Waals surface area contributed by atoms with Crippen LogP contribution in [0.3, 0.4) is 0 Å². The van der Waals surface area contributed by atoms with E-state index in [0.717, 1.165) is 8.51 Å². The largest absolute Gasteiger partial charge is 0.286 e. The van der Waals surface area contributed by atoms with Gasteiger partial charge in [0, 0.05) is 13.1 Å². The van der Waals surface area contributed by atoms with Gasteiger partial charge in [0.2, 0.25) is 0 Å². The number of hydrogen-bond acceptors (Lipinski definition) is 2. The third-order valence-electron chi connectivity index (χ3n) is 0.955. The van der Waals surface area contributed by atoms with Crippen molar-refractivity contribution in [1.82, 2.24) is 9.02 Å². The highest BCUT2D eigenvalue weighted by Crippen LogP contribution is 2.32. The first kappa shape index (κ1) is 4.08. The predicted molar refractivity (Wildman–Crippen MR) is 31.8 cm³/mol. The molecular formula is C2H5N3P2. The second kappa shape index (κ2) is 1.32. The van der Waals surface area contributed by atoms with Crippen LogP contribution in [-0.4, -0.2) is 22.1 Å². The molecule has 3 nitrogen and oxygen atoms in total. The van der Waals surface area contributed by atoms with Crippen molar-refractivity contribution in [3.63, 3.8) is 0 Å². The Morgan fingerprint density at radius 1 is 1.71 bits per heavy atom. The second-order valence-electron chi connectivity index (χ2n) is 1.53. The van der Waals surface area contributed by atoms with E-state index in [-0.39, 0.29) is 8.00 Å². The first-order valence-corrected chi connectivity index (χ1v) is 4.27. The molecule has 0 aromatic carbocycles. The van der Waals surface area contributed by atoms with Gasteiger partial charge < -0.3 is 0 Å². The van der Waals surface area contributed by atoms with Crippen LogP contribution in [0.4, 0.5) is 0 Å². The van der Waals surface area contributed by atoms with Crippen molar-refractivity contribution in [2.24, 2.45) is 0 Å². The Labute approximate surface area is 44.2 Å². The molecule has 2 rings (SSSR count). The molecule has 0 bridgehead atoms. The van der Waals surface area contributed by atoms with Gasteiger partial charge in [-0.25, -0.2) is 4.67 Å². The van der Waals surface area contributed by atoms with E-state index in [1.165, 1.54) is 13.1 Å². The van der Waals surface area contributed by atoms with Crippen LogP contribution < -0.4 is 4.67 Å². The Hall–Kier alpha value is 0.160. The summed E-state index contributed by atoms with van der Waals surface area (Å²) in [5.41, 5.74) is 0. The molecule has 0 amide bonds. The number of nitrogens with zero attached hydrogens (tertiary/aromatic N) is 2. The van der Waals surface area contributed by atoms with Crippen LogP contribution >= 0.6 is 16.5 Å². The molecule has 1 aliphatic heterocycles. The Kier molecular flexibility index (Phi) is 0.768. The highest BCUT2D eigenvalue weighted by Gasteiger charge is 2.21. The molecule has 1 atom stereocenters. The van der Waals surface area contributed by atoms with E-state index < -0.39 is 0 Å². The highest BCUT2D eigenvalue weighted by molar-refractivity contribution is 7.56. The monoisotopic (exact) mass is 133 g/mol. The van der Waals surface area contributed by atoms with Crippen LogP contribution in [0.2, 0.25) is 0 Å². The maximum Gasteiger partial charge on any atom is 0.141 e. The SMILES string of the molecule is C1CN1p1np[nH]1. The standard InChI is InChI=1S/C2H5N3P2/c1-2-5(1)7-3-6-4-7/h1-2H2,(H,3,4). The van der Waals surface area contributed by atoms with E-state index in [1.807, 2.05) is 0 Å². The Balaban J connectivity index is 2.17. The van der Waals surface area contributed by atoms with E-state index in [9.17, 15) is 0 Å². The zero-order chi connectivity index (χ0) is 4.69. The topological polar surface area (TPSA) is 31.7 Å². The van der Waals surface area contributed by atoms with Gasteiger partial charge in [-0.2, -0.15) is 4.51 Å². The van der Waals surface area contributed by atoms with Crippen molar-refractivity contribution >= 4 is 16.5 Å². The number of rotatable bonds is 1. The zero-order valence-electron chi connectivity index (χ0n) is 3.70. The van der Waals surface area contributed by atoms with E-state index >= 15 is 0 Å². The summed E-state index contributed by atoms with van der Waals surface area (Å²) in [6, 6.07) is 0. The van der Waals surface area contributed by atoms with Gasteiger partial charge in [-0.1, -0.05) is 0 Å². The molecule has 1 aromatic heterocycles. The quantitative estimate of drug-likeness (QED) is 0.577. The summed E-state index contributed by atoms with van der Waals surface area (Å²) in [6.45, 7) is 2.52. The summed E-state index contributed by atoms with van der Waals surface area (Å²) in [7, 11) is 0.936. The average molecular weight is 133 g/mol. The highest BCUT2D eigenvalue weighted by atomic mass is 31.2. The normalized spacial score (nSPS) is 24.3. The lowest BCUT2D eigenvalue weighted by molar-refractivity contribution is 1.51. The molecule has 0 saturated carbocycles. The molecule has 1 aromatic rings. The van der Waals surface area contributed by atoms with E-state index in [1.54, 1.807) is 0 Å². The number of H-pyrrole nitrogens is 1. The Morgan fingerprint density at radius 2 is 2.43 bits per heavy atom. The fourth-order valence-electron chi connectivity index (χ4n) is 0.439. The predicted octanol–water partition coefficient (Wildman–Crippen LogP) is 0.928. The van der Waals surface area contributed by atoms with E-state index in [2.05, 4.69) is 13.7 Å². The van der Waals surface area contributed by atoms with Gasteiger partial charge in [0.25, 0.3) is 0 Å². The smallest absolute Gasteiger partial charge is 0.141 e. The first-order valence-electron chi connectivity index (χ1n) is 2.18. The summed E-state index contributed by atoms with van der Waals surface area (Å²) < 4.78 is 9.73. The fourth-order valence-corrected chi connectivity index (χ4v) is 2.54. The number of aromatic nitrogens is 2. The Bertz CT molecular complexity index is 143. The lowest BCUT2D eigenvalue weighted by atomic mass is 11.0. The minimum Gasteiger partial charge on any atom is -0.286 e. The van der Waals surface area contributed by atoms with Gasteiger partial charge in [0.15, 0.2) is 0 Å². The van der Waals surface area contributed by atoms with Gasteiger partial charge in [0.05, 0.1) is 0 Å². The minimum atomic E-state index is -0.150. The molecule has 2 heterocycles. The average Bonchev–Trinajstić information content (AvgIpc) is 2.10. The van der Waals surface area contributed by atoms with Gasteiger partial charge >= 0.3 is 0 Å². The summed E-state index contributed by atoms with van der Waals surface area (Å²) in [4.78, 5) is 0. The molecule has 0 spiro atoms. The maximum atomic E-state index is 4.18. The van der Waals surface area contributed by atoms with Crippen molar-refractivity contribution < 1.29 is 0 Å². The minimum absolute atomic E-state index is 0.150. The summed E-state index contributed by atoms with van der Waals surface area (Å²) in [5, 5.41) is 0. The van der Waals surface area contributed by atoms with Crippen LogP contribution in [0.1, 0.15) is 0 Å². The third kappa shape index (κ3) is 0.616. The molecule has 1 saturated heterocycles. The molecule has 1 unspecified atom stereocenters. The first-order chi connectivity index (χ1) is 3.47. The lowest BCUT2D eigenvalue weighted by Crippen LogP contribution is -1.87. The van der Waals surface area contributed by atoms with E-state index in [4.69, 9.17) is 0 Å². The molecule has 5 heteroatoms. The summed E-state index contributed by atoms with van der Waals surface area (Å²) in [5.74, 6) is 0. The van der Waals surface area contributed by atoms with Crippen LogP contribution in [0.25, 0.3) is 0 Å². The van der Waals surface area contributed by atoms with Crippen molar-refractivity contribution in [1.29, 1.82) is 0 Å². The lowest BCUT2D eigenvalue weighted by Gasteiger charge is -1.98. The zero-order valence-corrected chi connectivity index (χ0v) is 5.49. The molecule has 38 valence electrons. The van der Waals surface area contributed by atoms with Crippen molar-refractivity contribution in [3.05, 3.63) is 0 Å². The van der Waals surface area contributed by atoms with Gasteiger partial charge in [-0.15, -0.1) is 0 Å². The summed E-state index contributed by atoms with van der Waals surface area (Å²) >= 11 is 0. The van der Waals surface area contributed by atoms with Crippen molar-refractivity contribution in [3.8, 4) is 0 Å². The van der Waals surface area contributed by atoms with Gasteiger partial charge in [-0.3, -0.25) is 4.51 Å². The molecule has 1 fully saturated rings. The molecule has 0 radical (unpaired) electrons. The fraction of sp³-hybridized carbons (Fsp3) is 1.00. The van der Waals surface area contributed by atoms with Crippen LogP contribution in [-0.2, 0) is 0 Å². The number of hydrogen-bond donors (Lipinski definition) is 1. The van der Waals surface area contributed by atoms with Gasteiger partial charge in [-0.05, 0) is 0 Å². The number of nitrogens with one attached hydrogen (secondary N) is 1. The molecule has 0 aliphatic carbocycles. The van der Waals surface area contributed by atoms with Crippen molar-refractivity contribution in [2.75, 3.05) is 17.8 Å². The molecule has 7 heavy (non-hydrogen) atoms. The molecular weight excluding hydrogens is 128 g/mol. The number of aromatic amines is 1. The van der Waals surface area contributed by atoms with Gasteiger partial charge in [0.1, 0.15) is 16.5 Å². The van der Waals surface area contributed by atoms with E-state index in [0.29, 0.717) is 0 Å². The van der Waals surface area contributed by atoms with Crippen molar-refractivity contribution in [2.45, 2.75) is 0 Å². The molecule has 1 aliphatic rings.